The van der Waals surface area contributed by atoms with E-state index in [1.807, 2.05) is 0 Å². The number of likely N-dealkylation sites (N-methyl/N-ethyl adjacent to an activating group) is 1. The molecule has 1 unspecified atom stereocenters. The summed E-state index contributed by atoms with van der Waals surface area (Å²) in [5.41, 5.74) is -0.0900. The molecule has 1 heterocycles. The van der Waals surface area contributed by atoms with Crippen LogP contribution in [0.5, 0.6) is 0 Å². The summed E-state index contributed by atoms with van der Waals surface area (Å²) >= 11 is 0. The highest BCUT2D eigenvalue weighted by Gasteiger charge is 2.35. The van der Waals surface area contributed by atoms with Gasteiger partial charge in [0.25, 0.3) is 0 Å². The molecule has 0 aromatic rings. The van der Waals surface area contributed by atoms with Crippen molar-refractivity contribution in [3.8, 4) is 0 Å². The number of aliphatic hydroxyl groups excluding tert-OH is 1. The lowest BCUT2D eigenvalue weighted by atomic mass is 10.0. The molecule has 4 heteroatoms. The summed E-state index contributed by atoms with van der Waals surface area (Å²) in [5.74, 6) is 0. The van der Waals surface area contributed by atoms with Gasteiger partial charge in [-0.25, -0.2) is 0 Å². The summed E-state index contributed by atoms with van der Waals surface area (Å²) in [5, 5.41) is 12.7. The summed E-state index contributed by atoms with van der Waals surface area (Å²) < 4.78 is 4.96. The second-order valence-corrected chi connectivity index (χ2v) is 3.85. The second kappa shape index (κ2) is 4.91. The first-order valence-corrected chi connectivity index (χ1v) is 4.76. The highest BCUT2D eigenvalue weighted by Crippen LogP contribution is 2.18. The Morgan fingerprint density at radius 1 is 1.62 bits per heavy atom. The van der Waals surface area contributed by atoms with E-state index in [-0.39, 0.29) is 12.1 Å². The zero-order valence-electron chi connectivity index (χ0n) is 8.55. The Labute approximate surface area is 79.9 Å². The van der Waals surface area contributed by atoms with Gasteiger partial charge in [0.2, 0.25) is 0 Å². The third kappa shape index (κ3) is 2.91. The molecule has 4 nitrogen and oxygen atoms in total. The van der Waals surface area contributed by atoms with Gasteiger partial charge in [-0.1, -0.05) is 0 Å². The zero-order chi connectivity index (χ0) is 9.73. The van der Waals surface area contributed by atoms with E-state index < -0.39 is 0 Å². The van der Waals surface area contributed by atoms with E-state index >= 15 is 0 Å². The topological polar surface area (TPSA) is 44.7 Å². The summed E-state index contributed by atoms with van der Waals surface area (Å²) in [7, 11) is 3.77. The number of likely N-dealkylation sites (tertiary alicyclic amines) is 1. The van der Waals surface area contributed by atoms with Gasteiger partial charge in [0.05, 0.1) is 18.8 Å². The van der Waals surface area contributed by atoms with Crippen LogP contribution in [0.3, 0.4) is 0 Å². The fraction of sp³-hybridized carbons (Fsp3) is 1.00. The standard InChI is InChI=1S/C9H20N2O2/c1-11-5-3-9(7-11,8-12)10-4-6-13-2/h10,12H,3-8H2,1-2H3. The smallest absolute Gasteiger partial charge is 0.0626 e. The van der Waals surface area contributed by atoms with Crippen LogP contribution in [0, 0.1) is 0 Å². The van der Waals surface area contributed by atoms with E-state index in [4.69, 9.17) is 4.74 Å². The van der Waals surface area contributed by atoms with Crippen molar-refractivity contribution in [3.63, 3.8) is 0 Å². The van der Waals surface area contributed by atoms with Crippen LogP contribution in [-0.2, 0) is 4.74 Å². The van der Waals surface area contributed by atoms with Gasteiger partial charge < -0.3 is 20.1 Å². The lowest BCUT2D eigenvalue weighted by molar-refractivity contribution is 0.142. The van der Waals surface area contributed by atoms with Gasteiger partial charge in [0.1, 0.15) is 0 Å². The molecule has 0 saturated carbocycles. The molecule has 78 valence electrons. The number of nitrogens with zero attached hydrogens (tertiary/aromatic N) is 1. The minimum Gasteiger partial charge on any atom is -0.394 e. The predicted octanol–water partition coefficient (Wildman–Crippen LogP) is -0.711. The molecule has 1 saturated heterocycles. The van der Waals surface area contributed by atoms with Gasteiger partial charge in [-0.15, -0.1) is 0 Å². The molecule has 0 aromatic heterocycles. The maximum atomic E-state index is 9.30. The second-order valence-electron chi connectivity index (χ2n) is 3.85. The molecule has 0 radical (unpaired) electrons. The maximum Gasteiger partial charge on any atom is 0.0626 e. The zero-order valence-corrected chi connectivity index (χ0v) is 8.55. The molecule has 0 spiro atoms. The Bertz CT molecular complexity index is 155. The van der Waals surface area contributed by atoms with Gasteiger partial charge in [0.15, 0.2) is 0 Å². The third-order valence-corrected chi connectivity index (χ3v) is 2.65. The first kappa shape index (κ1) is 10.9. The average molecular weight is 188 g/mol. The summed E-state index contributed by atoms with van der Waals surface area (Å²) in [4.78, 5) is 2.23. The van der Waals surface area contributed by atoms with E-state index in [2.05, 4.69) is 17.3 Å². The fourth-order valence-electron chi connectivity index (χ4n) is 1.83. The Balaban J connectivity index is 2.32. The van der Waals surface area contributed by atoms with Crippen LogP contribution in [0.15, 0.2) is 0 Å². The minimum atomic E-state index is -0.0900. The van der Waals surface area contributed by atoms with Gasteiger partial charge in [0, 0.05) is 20.2 Å². The number of hydrogen-bond acceptors (Lipinski definition) is 4. The predicted molar refractivity (Wildman–Crippen MR) is 51.8 cm³/mol. The van der Waals surface area contributed by atoms with Crippen LogP contribution in [0.2, 0.25) is 0 Å². The molecule has 0 bridgehead atoms. The Morgan fingerprint density at radius 2 is 2.38 bits per heavy atom. The van der Waals surface area contributed by atoms with Crippen LogP contribution in [0.1, 0.15) is 6.42 Å². The van der Waals surface area contributed by atoms with Crippen LogP contribution in [-0.4, -0.2) is 62.6 Å². The number of ether oxygens (including phenoxy) is 1. The molecular formula is C9H20N2O2. The lowest BCUT2D eigenvalue weighted by Gasteiger charge is -2.28. The van der Waals surface area contributed by atoms with Crippen LogP contribution in [0.25, 0.3) is 0 Å². The molecule has 0 aromatic carbocycles. The summed E-state index contributed by atoms with van der Waals surface area (Å²) in [6.07, 6.45) is 1.02. The van der Waals surface area contributed by atoms with E-state index in [1.165, 1.54) is 0 Å². The van der Waals surface area contributed by atoms with Crippen LogP contribution < -0.4 is 5.32 Å². The molecule has 1 atom stereocenters. The average Bonchev–Trinajstić information content (AvgIpc) is 2.49. The van der Waals surface area contributed by atoms with Crippen molar-refractivity contribution in [1.29, 1.82) is 0 Å². The summed E-state index contributed by atoms with van der Waals surface area (Å²) in [6.45, 7) is 3.70. The molecule has 0 aliphatic carbocycles. The van der Waals surface area contributed by atoms with Crippen molar-refractivity contribution in [2.24, 2.45) is 0 Å². The molecule has 0 amide bonds. The van der Waals surface area contributed by atoms with Gasteiger partial charge in [-0.2, -0.15) is 0 Å². The monoisotopic (exact) mass is 188 g/mol. The molecule has 13 heavy (non-hydrogen) atoms. The molecule has 1 rings (SSSR count). The van der Waals surface area contributed by atoms with E-state index in [1.54, 1.807) is 7.11 Å². The number of hydrogen-bond donors (Lipinski definition) is 2. The molecule has 2 N–H and O–H groups in total. The van der Waals surface area contributed by atoms with Crippen LogP contribution >= 0.6 is 0 Å². The molecular weight excluding hydrogens is 168 g/mol. The Kier molecular flexibility index (Phi) is 4.12. The fourth-order valence-corrected chi connectivity index (χ4v) is 1.83. The van der Waals surface area contributed by atoms with Crippen LogP contribution in [0.4, 0.5) is 0 Å². The molecule has 1 fully saturated rings. The van der Waals surface area contributed by atoms with E-state index in [0.29, 0.717) is 6.61 Å². The SMILES string of the molecule is COCCNC1(CO)CCN(C)C1. The minimum absolute atomic E-state index is 0.0900. The van der Waals surface area contributed by atoms with Crippen molar-refractivity contribution < 1.29 is 9.84 Å². The van der Waals surface area contributed by atoms with Gasteiger partial charge in [-0.05, 0) is 20.0 Å². The molecule has 1 aliphatic rings. The third-order valence-electron chi connectivity index (χ3n) is 2.65. The lowest BCUT2D eigenvalue weighted by Crippen LogP contribution is -2.51. The molecule has 1 aliphatic heterocycles. The first-order chi connectivity index (χ1) is 6.22. The first-order valence-electron chi connectivity index (χ1n) is 4.76. The quantitative estimate of drug-likeness (QED) is 0.559. The largest absolute Gasteiger partial charge is 0.394 e. The number of methoxy groups -OCH3 is 1. The highest BCUT2D eigenvalue weighted by molar-refractivity contribution is 4.95. The highest BCUT2D eigenvalue weighted by atomic mass is 16.5. The van der Waals surface area contributed by atoms with Gasteiger partial charge >= 0.3 is 0 Å². The van der Waals surface area contributed by atoms with E-state index in [0.717, 1.165) is 26.1 Å². The van der Waals surface area contributed by atoms with Crippen molar-refractivity contribution >= 4 is 0 Å². The van der Waals surface area contributed by atoms with Crippen molar-refractivity contribution in [1.82, 2.24) is 10.2 Å². The Hall–Kier alpha value is -0.160. The number of rotatable bonds is 5. The normalized spacial score (nSPS) is 29.8. The van der Waals surface area contributed by atoms with Crippen molar-refractivity contribution in [2.45, 2.75) is 12.0 Å². The van der Waals surface area contributed by atoms with Crippen molar-refractivity contribution in [2.75, 3.05) is 47.0 Å². The number of nitrogens with one attached hydrogen (secondary N) is 1. The van der Waals surface area contributed by atoms with E-state index in [9.17, 15) is 5.11 Å². The number of aliphatic hydroxyl groups is 1. The Morgan fingerprint density at radius 3 is 2.85 bits per heavy atom. The maximum absolute atomic E-state index is 9.30. The van der Waals surface area contributed by atoms with Gasteiger partial charge in [-0.3, -0.25) is 0 Å². The van der Waals surface area contributed by atoms with Crippen molar-refractivity contribution in [3.05, 3.63) is 0 Å². The summed E-state index contributed by atoms with van der Waals surface area (Å²) in [6, 6.07) is 0.